The van der Waals surface area contributed by atoms with E-state index < -0.39 is 5.54 Å². The van der Waals surface area contributed by atoms with Gasteiger partial charge in [-0.2, -0.15) is 0 Å². The molecular weight excluding hydrogens is 374 g/mol. The first-order valence-corrected chi connectivity index (χ1v) is 9.80. The summed E-state index contributed by atoms with van der Waals surface area (Å²) in [6.07, 6.45) is 1.66. The Balaban J connectivity index is 1.66. The van der Waals surface area contributed by atoms with E-state index in [4.69, 9.17) is 0 Å². The van der Waals surface area contributed by atoms with Crippen molar-refractivity contribution in [1.82, 2.24) is 14.9 Å². The predicted octanol–water partition coefficient (Wildman–Crippen LogP) is 4.17. The number of aromatic amines is 1. The third-order valence-corrected chi connectivity index (χ3v) is 5.41. The Labute approximate surface area is 175 Å². The number of aryl methyl sites for hydroxylation is 1. The molecule has 150 valence electrons. The van der Waals surface area contributed by atoms with E-state index in [2.05, 4.69) is 10.3 Å². The van der Waals surface area contributed by atoms with Crippen molar-refractivity contribution >= 4 is 5.91 Å². The third-order valence-electron chi connectivity index (χ3n) is 5.41. The van der Waals surface area contributed by atoms with E-state index in [0.717, 1.165) is 16.8 Å². The lowest BCUT2D eigenvalue weighted by atomic mass is 9.84. The molecule has 5 nitrogen and oxygen atoms in total. The summed E-state index contributed by atoms with van der Waals surface area (Å²) in [7, 11) is 0. The van der Waals surface area contributed by atoms with Crippen LogP contribution in [0, 0.1) is 6.92 Å². The Morgan fingerprint density at radius 3 is 1.87 bits per heavy atom. The van der Waals surface area contributed by atoms with Gasteiger partial charge in [-0.3, -0.25) is 9.36 Å². The van der Waals surface area contributed by atoms with Gasteiger partial charge in [0.15, 0.2) is 0 Å². The number of carbonyl (C=O) groups excluding carboxylic acids is 1. The van der Waals surface area contributed by atoms with Crippen molar-refractivity contribution in [3.8, 4) is 5.69 Å². The van der Waals surface area contributed by atoms with Crippen LogP contribution < -0.4 is 11.0 Å². The standard InChI is InChI=1S/C25H23N3O2/c1-18-17-26-24(30)28(18)22-15-13-19(14-16-22)23(29)27-25(2,20-9-5-3-6-10-20)21-11-7-4-8-12-21/h3-17H,1-2H3,(H,26,30)(H,27,29). The highest BCUT2D eigenvalue weighted by Gasteiger charge is 2.30. The second-order valence-electron chi connectivity index (χ2n) is 7.43. The van der Waals surface area contributed by atoms with Crippen molar-refractivity contribution < 1.29 is 4.79 Å². The minimum atomic E-state index is -0.688. The van der Waals surface area contributed by atoms with Crippen LogP contribution in [0.25, 0.3) is 5.69 Å². The topological polar surface area (TPSA) is 66.9 Å². The molecule has 0 aliphatic carbocycles. The number of hydrogen-bond donors (Lipinski definition) is 2. The minimum absolute atomic E-state index is 0.185. The van der Waals surface area contributed by atoms with E-state index in [9.17, 15) is 9.59 Å². The normalized spacial score (nSPS) is 11.3. The lowest BCUT2D eigenvalue weighted by Crippen LogP contribution is -2.44. The van der Waals surface area contributed by atoms with E-state index in [-0.39, 0.29) is 11.6 Å². The van der Waals surface area contributed by atoms with Gasteiger partial charge in [-0.1, -0.05) is 60.7 Å². The first-order valence-electron chi connectivity index (χ1n) is 9.80. The fraction of sp³-hybridized carbons (Fsp3) is 0.120. The number of hydrogen-bond acceptors (Lipinski definition) is 2. The van der Waals surface area contributed by atoms with Crippen molar-refractivity contribution in [1.29, 1.82) is 0 Å². The number of rotatable bonds is 5. The maximum Gasteiger partial charge on any atom is 0.330 e. The number of H-pyrrole nitrogens is 1. The Kier molecular flexibility index (Phi) is 5.11. The number of amides is 1. The quantitative estimate of drug-likeness (QED) is 0.531. The molecule has 2 N–H and O–H groups in total. The van der Waals surface area contributed by atoms with Gasteiger partial charge >= 0.3 is 5.69 Å². The highest BCUT2D eigenvalue weighted by atomic mass is 16.2. The van der Waals surface area contributed by atoms with Gasteiger partial charge in [-0.25, -0.2) is 4.79 Å². The van der Waals surface area contributed by atoms with Crippen LogP contribution in [0.3, 0.4) is 0 Å². The summed E-state index contributed by atoms with van der Waals surface area (Å²) < 4.78 is 1.57. The average Bonchev–Trinajstić information content (AvgIpc) is 3.13. The molecule has 30 heavy (non-hydrogen) atoms. The molecule has 0 spiro atoms. The average molecular weight is 397 g/mol. The molecule has 4 aromatic rings. The summed E-state index contributed by atoms with van der Waals surface area (Å²) in [4.78, 5) is 27.8. The molecule has 0 aliphatic rings. The van der Waals surface area contributed by atoms with Gasteiger partial charge in [0.1, 0.15) is 0 Å². The lowest BCUT2D eigenvalue weighted by Gasteiger charge is -2.32. The molecule has 0 unspecified atom stereocenters. The molecule has 1 heterocycles. The van der Waals surface area contributed by atoms with Gasteiger partial charge in [0.25, 0.3) is 5.91 Å². The second kappa shape index (κ2) is 7.87. The van der Waals surface area contributed by atoms with Gasteiger partial charge < -0.3 is 10.3 Å². The number of benzene rings is 3. The zero-order chi connectivity index (χ0) is 21.1. The second-order valence-corrected chi connectivity index (χ2v) is 7.43. The van der Waals surface area contributed by atoms with Gasteiger partial charge in [-0.15, -0.1) is 0 Å². The Hall–Kier alpha value is -3.86. The molecule has 0 saturated carbocycles. The lowest BCUT2D eigenvalue weighted by molar-refractivity contribution is 0.0919. The van der Waals surface area contributed by atoms with Crippen LogP contribution in [-0.4, -0.2) is 15.5 Å². The fourth-order valence-corrected chi connectivity index (χ4v) is 3.69. The molecule has 0 saturated heterocycles. The molecule has 1 aromatic heterocycles. The van der Waals surface area contributed by atoms with Crippen LogP contribution in [0.1, 0.15) is 34.1 Å². The van der Waals surface area contributed by atoms with Crippen LogP contribution in [0.15, 0.2) is 95.9 Å². The maximum atomic E-state index is 13.2. The summed E-state index contributed by atoms with van der Waals surface area (Å²) in [5.41, 5.74) is 3.14. The minimum Gasteiger partial charge on any atom is -0.339 e. The van der Waals surface area contributed by atoms with Gasteiger partial charge in [0.2, 0.25) is 0 Å². The molecule has 5 heteroatoms. The van der Waals surface area contributed by atoms with Crippen molar-refractivity contribution in [3.63, 3.8) is 0 Å². The number of aromatic nitrogens is 2. The molecule has 0 radical (unpaired) electrons. The number of nitrogens with one attached hydrogen (secondary N) is 2. The molecule has 4 rings (SSSR count). The smallest absolute Gasteiger partial charge is 0.330 e. The van der Waals surface area contributed by atoms with Crippen LogP contribution >= 0.6 is 0 Å². The fourth-order valence-electron chi connectivity index (χ4n) is 3.69. The zero-order valence-corrected chi connectivity index (χ0v) is 16.9. The Morgan fingerprint density at radius 1 is 0.867 bits per heavy atom. The van der Waals surface area contributed by atoms with Crippen LogP contribution in [0.5, 0.6) is 0 Å². The third kappa shape index (κ3) is 3.57. The summed E-state index contributed by atoms with van der Waals surface area (Å²) in [5, 5.41) is 3.21. The van der Waals surface area contributed by atoms with E-state index >= 15 is 0 Å². The van der Waals surface area contributed by atoms with Crippen molar-refractivity contribution in [2.75, 3.05) is 0 Å². The molecular formula is C25H23N3O2. The summed E-state index contributed by atoms with van der Waals surface area (Å²) in [6.45, 7) is 3.86. The Bertz CT molecular complexity index is 1170. The van der Waals surface area contributed by atoms with Crippen molar-refractivity contribution in [2.45, 2.75) is 19.4 Å². The maximum absolute atomic E-state index is 13.2. The van der Waals surface area contributed by atoms with Gasteiger partial charge in [0.05, 0.1) is 11.2 Å². The first-order chi connectivity index (χ1) is 14.5. The molecule has 0 bridgehead atoms. The largest absolute Gasteiger partial charge is 0.339 e. The summed E-state index contributed by atoms with van der Waals surface area (Å²) in [6, 6.07) is 26.9. The SMILES string of the molecule is Cc1c[nH]c(=O)n1-c1ccc(C(=O)NC(C)(c2ccccc2)c2ccccc2)cc1. The molecule has 0 aliphatic heterocycles. The zero-order valence-electron chi connectivity index (χ0n) is 16.9. The molecule has 0 atom stereocenters. The predicted molar refractivity (Wildman–Crippen MR) is 118 cm³/mol. The van der Waals surface area contributed by atoms with E-state index in [1.807, 2.05) is 74.5 Å². The van der Waals surface area contributed by atoms with E-state index in [1.54, 1.807) is 35.0 Å². The molecule has 0 fully saturated rings. The van der Waals surface area contributed by atoms with Crippen molar-refractivity contribution in [2.24, 2.45) is 0 Å². The van der Waals surface area contributed by atoms with Crippen LogP contribution in [0.2, 0.25) is 0 Å². The number of nitrogens with zero attached hydrogens (tertiary/aromatic N) is 1. The van der Waals surface area contributed by atoms with Crippen LogP contribution in [-0.2, 0) is 5.54 Å². The van der Waals surface area contributed by atoms with E-state index in [0.29, 0.717) is 11.3 Å². The van der Waals surface area contributed by atoms with E-state index in [1.165, 1.54) is 0 Å². The van der Waals surface area contributed by atoms with Gasteiger partial charge in [-0.05, 0) is 49.2 Å². The molecule has 3 aromatic carbocycles. The number of carbonyl (C=O) groups is 1. The summed E-state index contributed by atoms with van der Waals surface area (Å²) in [5.74, 6) is -0.185. The monoisotopic (exact) mass is 397 g/mol. The highest BCUT2D eigenvalue weighted by molar-refractivity contribution is 5.95. The summed E-state index contributed by atoms with van der Waals surface area (Å²) >= 11 is 0. The Morgan fingerprint density at radius 2 is 1.40 bits per heavy atom. The number of imidazole rings is 1. The van der Waals surface area contributed by atoms with Gasteiger partial charge in [0, 0.05) is 17.5 Å². The van der Waals surface area contributed by atoms with Crippen LogP contribution in [0.4, 0.5) is 0 Å². The molecule has 1 amide bonds. The highest BCUT2D eigenvalue weighted by Crippen LogP contribution is 2.29. The van der Waals surface area contributed by atoms with Crippen molar-refractivity contribution in [3.05, 3.63) is 124 Å². The first kappa shape index (κ1) is 19.5.